The molecule has 1 aliphatic rings. The lowest BCUT2D eigenvalue weighted by Crippen LogP contribution is -2.64. The van der Waals surface area contributed by atoms with Gasteiger partial charge in [-0.2, -0.15) is 5.10 Å². The first kappa shape index (κ1) is 14.1. The molecule has 4 N–H and O–H groups in total. The van der Waals surface area contributed by atoms with Gasteiger partial charge in [0.15, 0.2) is 6.29 Å². The number of hydrogen-bond donors (Lipinski definition) is 4. The van der Waals surface area contributed by atoms with Crippen LogP contribution in [0.5, 0.6) is 11.5 Å². The van der Waals surface area contributed by atoms with Crippen LogP contribution in [0.1, 0.15) is 5.56 Å². The molecule has 0 aromatic heterocycles. The zero-order valence-electron chi connectivity index (χ0n) is 11.3. The second kappa shape index (κ2) is 6.73. The van der Waals surface area contributed by atoms with Gasteiger partial charge in [-0.1, -0.05) is 0 Å². The Morgan fingerprint density at radius 2 is 2.25 bits per heavy atom. The summed E-state index contributed by atoms with van der Waals surface area (Å²) in [4.78, 5) is 11.1. The minimum Gasteiger partial charge on any atom is -0.497 e. The molecule has 1 atom stereocenters. The summed E-state index contributed by atoms with van der Waals surface area (Å²) >= 11 is 0. The standard InChI is InChI=1S/C12H17N5O3/c1-19-9-4-3-8(10(5-9)20-2)6-13-16-12-15-11(18)7-14-17-12/h3-6,12,14,16-17H,7H2,1-2H3,(H,15,18)/b13-6+. The van der Waals surface area contributed by atoms with Crippen LogP contribution in [0.25, 0.3) is 0 Å². The number of hydrazone groups is 1. The van der Waals surface area contributed by atoms with Crippen molar-refractivity contribution in [3.05, 3.63) is 23.8 Å². The topological polar surface area (TPSA) is 96.0 Å². The van der Waals surface area contributed by atoms with E-state index in [1.54, 1.807) is 26.5 Å². The van der Waals surface area contributed by atoms with E-state index in [4.69, 9.17) is 9.47 Å². The van der Waals surface area contributed by atoms with Gasteiger partial charge in [-0.05, 0) is 12.1 Å². The molecule has 0 saturated carbocycles. The molecule has 8 nitrogen and oxygen atoms in total. The number of ether oxygens (including phenoxy) is 2. The van der Waals surface area contributed by atoms with E-state index in [-0.39, 0.29) is 12.5 Å². The average molecular weight is 279 g/mol. The van der Waals surface area contributed by atoms with Gasteiger partial charge in [-0.15, -0.1) is 0 Å². The van der Waals surface area contributed by atoms with Crippen molar-refractivity contribution in [1.29, 1.82) is 0 Å². The lowest BCUT2D eigenvalue weighted by atomic mass is 10.2. The van der Waals surface area contributed by atoms with E-state index in [0.29, 0.717) is 11.5 Å². The Morgan fingerprint density at radius 3 is 2.95 bits per heavy atom. The fraction of sp³-hybridized carbons (Fsp3) is 0.333. The number of carbonyl (C=O) groups excluding carboxylic acids is 1. The smallest absolute Gasteiger partial charge is 0.238 e. The minimum absolute atomic E-state index is 0.113. The van der Waals surface area contributed by atoms with Crippen LogP contribution < -0.4 is 31.1 Å². The molecule has 1 unspecified atom stereocenters. The largest absolute Gasteiger partial charge is 0.497 e. The van der Waals surface area contributed by atoms with Crippen LogP contribution in [0.4, 0.5) is 0 Å². The van der Waals surface area contributed by atoms with Crippen molar-refractivity contribution in [3.63, 3.8) is 0 Å². The van der Waals surface area contributed by atoms with Crippen LogP contribution in [0, 0.1) is 0 Å². The SMILES string of the molecule is COc1ccc(/C=N/NC2NNCC(=O)N2)c(OC)c1. The van der Waals surface area contributed by atoms with E-state index in [1.165, 1.54) is 0 Å². The van der Waals surface area contributed by atoms with Crippen molar-refractivity contribution in [3.8, 4) is 11.5 Å². The van der Waals surface area contributed by atoms with E-state index in [2.05, 4.69) is 26.7 Å². The molecule has 0 radical (unpaired) electrons. The number of hydrazine groups is 1. The number of benzene rings is 1. The zero-order valence-corrected chi connectivity index (χ0v) is 11.3. The zero-order chi connectivity index (χ0) is 14.4. The molecule has 1 amide bonds. The van der Waals surface area contributed by atoms with E-state index < -0.39 is 6.29 Å². The van der Waals surface area contributed by atoms with Crippen molar-refractivity contribution in [2.45, 2.75) is 6.29 Å². The highest BCUT2D eigenvalue weighted by atomic mass is 16.5. The summed E-state index contributed by atoms with van der Waals surface area (Å²) in [7, 11) is 3.17. The first-order chi connectivity index (χ1) is 9.72. The summed E-state index contributed by atoms with van der Waals surface area (Å²) in [5.41, 5.74) is 9.10. The maximum atomic E-state index is 11.1. The van der Waals surface area contributed by atoms with Gasteiger partial charge in [0.1, 0.15) is 11.5 Å². The predicted octanol–water partition coefficient (Wildman–Crippen LogP) is -0.865. The highest BCUT2D eigenvalue weighted by Gasteiger charge is 2.15. The van der Waals surface area contributed by atoms with Crippen LogP contribution >= 0.6 is 0 Å². The number of hydrogen-bond acceptors (Lipinski definition) is 7. The first-order valence-electron chi connectivity index (χ1n) is 6.01. The summed E-state index contributed by atoms with van der Waals surface area (Å²) < 4.78 is 10.4. The molecule has 1 aromatic rings. The highest BCUT2D eigenvalue weighted by molar-refractivity contribution is 5.83. The minimum atomic E-state index is -0.461. The first-order valence-corrected chi connectivity index (χ1v) is 6.01. The maximum Gasteiger partial charge on any atom is 0.238 e. The Balaban J connectivity index is 1.98. The van der Waals surface area contributed by atoms with E-state index in [1.807, 2.05) is 12.1 Å². The van der Waals surface area contributed by atoms with Gasteiger partial charge in [-0.25, -0.2) is 10.9 Å². The predicted molar refractivity (Wildman–Crippen MR) is 73.3 cm³/mol. The van der Waals surface area contributed by atoms with E-state index in [9.17, 15) is 4.79 Å². The van der Waals surface area contributed by atoms with Crippen molar-refractivity contribution < 1.29 is 14.3 Å². The van der Waals surface area contributed by atoms with Crippen LogP contribution in [0.2, 0.25) is 0 Å². The molecular formula is C12H17N5O3. The average Bonchev–Trinajstić information content (AvgIpc) is 2.47. The maximum absolute atomic E-state index is 11.1. The number of methoxy groups -OCH3 is 2. The van der Waals surface area contributed by atoms with Crippen LogP contribution in [0.3, 0.4) is 0 Å². The van der Waals surface area contributed by atoms with Gasteiger partial charge < -0.3 is 14.8 Å². The summed E-state index contributed by atoms with van der Waals surface area (Å²) in [6, 6.07) is 5.41. The molecule has 0 aliphatic carbocycles. The van der Waals surface area contributed by atoms with Gasteiger partial charge in [0, 0.05) is 11.6 Å². The quantitative estimate of drug-likeness (QED) is 0.413. The van der Waals surface area contributed by atoms with Crippen molar-refractivity contribution >= 4 is 12.1 Å². The number of nitrogens with zero attached hydrogens (tertiary/aromatic N) is 1. The van der Waals surface area contributed by atoms with Gasteiger partial charge >= 0.3 is 0 Å². The summed E-state index contributed by atoms with van der Waals surface area (Å²) in [5.74, 6) is 1.24. The van der Waals surface area contributed by atoms with Crippen molar-refractivity contribution in [2.24, 2.45) is 5.10 Å². The molecule has 1 aromatic carbocycles. The number of nitrogens with one attached hydrogen (secondary N) is 4. The third-order valence-electron chi connectivity index (χ3n) is 2.65. The number of amides is 1. The monoisotopic (exact) mass is 279 g/mol. The second-order valence-electron chi connectivity index (χ2n) is 3.99. The normalized spacial score (nSPS) is 18.7. The molecule has 8 heteroatoms. The molecule has 1 fully saturated rings. The summed E-state index contributed by atoms with van der Waals surface area (Å²) in [5, 5.41) is 6.71. The van der Waals surface area contributed by atoms with Crippen LogP contribution in [0.15, 0.2) is 23.3 Å². The molecule has 2 rings (SSSR count). The third-order valence-corrected chi connectivity index (χ3v) is 2.65. The lowest BCUT2D eigenvalue weighted by molar-refractivity contribution is -0.123. The van der Waals surface area contributed by atoms with Crippen molar-refractivity contribution in [2.75, 3.05) is 20.8 Å². The Labute approximate surface area is 116 Å². The van der Waals surface area contributed by atoms with Crippen LogP contribution in [-0.2, 0) is 4.79 Å². The number of carbonyl (C=O) groups is 1. The molecule has 0 spiro atoms. The fourth-order valence-electron chi connectivity index (χ4n) is 1.65. The Bertz CT molecular complexity index is 506. The van der Waals surface area contributed by atoms with Gasteiger partial charge in [-0.3, -0.25) is 10.2 Å². The highest BCUT2D eigenvalue weighted by Crippen LogP contribution is 2.22. The molecule has 20 heavy (non-hydrogen) atoms. The van der Waals surface area contributed by atoms with E-state index in [0.717, 1.165) is 5.56 Å². The molecular weight excluding hydrogens is 262 g/mol. The molecule has 1 heterocycles. The van der Waals surface area contributed by atoms with Crippen LogP contribution in [-0.4, -0.2) is 39.2 Å². The van der Waals surface area contributed by atoms with Gasteiger partial charge in [0.25, 0.3) is 0 Å². The molecule has 1 aliphatic heterocycles. The summed E-state index contributed by atoms with van der Waals surface area (Å²) in [6.45, 7) is 0.230. The Hall–Kier alpha value is -2.32. The van der Waals surface area contributed by atoms with Gasteiger partial charge in [0.05, 0.1) is 27.0 Å². The third kappa shape index (κ3) is 3.59. The molecule has 1 saturated heterocycles. The summed E-state index contributed by atoms with van der Waals surface area (Å²) in [6.07, 6.45) is 1.14. The lowest BCUT2D eigenvalue weighted by Gasteiger charge is -2.24. The van der Waals surface area contributed by atoms with Gasteiger partial charge in [0.2, 0.25) is 5.91 Å². The number of rotatable bonds is 5. The van der Waals surface area contributed by atoms with Crippen molar-refractivity contribution in [1.82, 2.24) is 21.6 Å². The Morgan fingerprint density at radius 1 is 1.40 bits per heavy atom. The molecule has 108 valence electrons. The Kier molecular flexibility index (Phi) is 4.75. The molecule has 0 bridgehead atoms. The fourth-order valence-corrected chi connectivity index (χ4v) is 1.65. The second-order valence-corrected chi connectivity index (χ2v) is 3.99. The van der Waals surface area contributed by atoms with E-state index >= 15 is 0 Å².